The molecule has 5 heteroatoms. The smallest absolute Gasteiger partial charge is 0.247 e. The predicted octanol–water partition coefficient (Wildman–Crippen LogP) is 2.62. The molecule has 1 amide bonds. The van der Waals surface area contributed by atoms with Crippen molar-refractivity contribution in [1.29, 1.82) is 0 Å². The van der Waals surface area contributed by atoms with E-state index < -0.39 is 5.54 Å². The number of carbonyl (C=O) groups excluding carboxylic acids is 1. The molecule has 2 aliphatic rings. The molecule has 26 heavy (non-hydrogen) atoms. The van der Waals surface area contributed by atoms with Crippen molar-refractivity contribution < 1.29 is 9.53 Å². The van der Waals surface area contributed by atoms with Gasteiger partial charge in [-0.2, -0.15) is 0 Å². The summed E-state index contributed by atoms with van der Waals surface area (Å²) in [6.45, 7) is 3.31. The van der Waals surface area contributed by atoms with E-state index in [0.29, 0.717) is 6.67 Å². The highest BCUT2D eigenvalue weighted by Crippen LogP contribution is 2.36. The molecule has 0 radical (unpaired) electrons. The van der Waals surface area contributed by atoms with E-state index in [1.54, 1.807) is 7.11 Å². The Hall–Kier alpha value is -2.53. The Bertz CT molecular complexity index is 770. The summed E-state index contributed by atoms with van der Waals surface area (Å²) in [4.78, 5) is 17.4. The maximum absolute atomic E-state index is 12.7. The summed E-state index contributed by atoms with van der Waals surface area (Å²) in [5.74, 6) is 1.06. The minimum atomic E-state index is -0.410. The summed E-state index contributed by atoms with van der Waals surface area (Å²) in [7, 11) is 1.70. The zero-order valence-corrected chi connectivity index (χ0v) is 15.1. The molecule has 2 aliphatic heterocycles. The molecule has 5 nitrogen and oxygen atoms in total. The van der Waals surface area contributed by atoms with Gasteiger partial charge in [0, 0.05) is 25.3 Å². The number of rotatable bonds is 4. The normalized spacial score (nSPS) is 19.6. The molecule has 2 fully saturated rings. The summed E-state index contributed by atoms with van der Waals surface area (Å²) in [5.41, 5.74) is 1.95. The Morgan fingerprint density at radius 3 is 2.58 bits per heavy atom. The number of carbonyl (C=O) groups is 1. The Morgan fingerprint density at radius 1 is 1.08 bits per heavy atom. The van der Waals surface area contributed by atoms with Crippen LogP contribution in [0.4, 0.5) is 5.69 Å². The van der Waals surface area contributed by atoms with Gasteiger partial charge in [0.2, 0.25) is 5.91 Å². The summed E-state index contributed by atoms with van der Waals surface area (Å²) >= 11 is 0. The standard InChI is InChI=1S/C21H25N3O2/c1-26-19-9-5-6-17(14-19)15-23-12-10-21(11-13-23)20(25)22-16-24(21)18-7-3-2-4-8-18/h2-9,14H,10-13,15-16H2,1H3,(H,22,25). The molecule has 0 bridgehead atoms. The average molecular weight is 351 g/mol. The van der Waals surface area contributed by atoms with Crippen molar-refractivity contribution in [3.05, 3.63) is 60.2 Å². The predicted molar refractivity (Wildman–Crippen MR) is 102 cm³/mol. The number of nitrogens with one attached hydrogen (secondary N) is 1. The topological polar surface area (TPSA) is 44.8 Å². The number of amides is 1. The first-order valence-electron chi connectivity index (χ1n) is 9.17. The lowest BCUT2D eigenvalue weighted by Crippen LogP contribution is -2.56. The second kappa shape index (κ2) is 7.00. The summed E-state index contributed by atoms with van der Waals surface area (Å²) in [6, 6.07) is 18.5. The Labute approximate surface area is 154 Å². The van der Waals surface area contributed by atoms with E-state index in [2.05, 4.69) is 39.4 Å². The molecule has 1 spiro atoms. The van der Waals surface area contributed by atoms with Crippen LogP contribution in [-0.4, -0.2) is 43.2 Å². The van der Waals surface area contributed by atoms with E-state index in [0.717, 1.165) is 43.9 Å². The molecule has 2 aromatic rings. The molecular weight excluding hydrogens is 326 g/mol. The SMILES string of the molecule is COc1cccc(CN2CCC3(CC2)C(=O)NCN3c2ccccc2)c1. The fourth-order valence-corrected chi connectivity index (χ4v) is 4.14. The lowest BCUT2D eigenvalue weighted by Gasteiger charge is -2.43. The maximum Gasteiger partial charge on any atom is 0.247 e. The molecule has 136 valence electrons. The minimum absolute atomic E-state index is 0.169. The van der Waals surface area contributed by atoms with Gasteiger partial charge in [0.15, 0.2) is 0 Å². The van der Waals surface area contributed by atoms with E-state index >= 15 is 0 Å². The van der Waals surface area contributed by atoms with Crippen molar-refractivity contribution in [3.8, 4) is 5.75 Å². The quantitative estimate of drug-likeness (QED) is 0.920. The van der Waals surface area contributed by atoms with Gasteiger partial charge >= 0.3 is 0 Å². The van der Waals surface area contributed by atoms with Crippen LogP contribution in [-0.2, 0) is 11.3 Å². The zero-order valence-electron chi connectivity index (χ0n) is 15.1. The summed E-state index contributed by atoms with van der Waals surface area (Å²) in [5, 5.41) is 3.06. The van der Waals surface area contributed by atoms with E-state index in [4.69, 9.17) is 4.74 Å². The van der Waals surface area contributed by atoms with Crippen LogP contribution >= 0.6 is 0 Å². The molecule has 4 rings (SSSR count). The van der Waals surface area contributed by atoms with Gasteiger partial charge in [-0.15, -0.1) is 0 Å². The van der Waals surface area contributed by atoms with Gasteiger partial charge in [0.25, 0.3) is 0 Å². The number of nitrogens with zero attached hydrogens (tertiary/aromatic N) is 2. The molecule has 0 aliphatic carbocycles. The molecule has 2 aromatic carbocycles. The number of piperidine rings is 1. The number of anilines is 1. The first kappa shape index (κ1) is 16.9. The second-order valence-electron chi connectivity index (χ2n) is 7.09. The van der Waals surface area contributed by atoms with Crippen LogP contribution in [0.1, 0.15) is 18.4 Å². The van der Waals surface area contributed by atoms with Crippen LogP contribution in [0, 0.1) is 0 Å². The third-order valence-electron chi connectivity index (χ3n) is 5.63. The average Bonchev–Trinajstić information content (AvgIpc) is 3.00. The highest BCUT2D eigenvalue weighted by atomic mass is 16.5. The minimum Gasteiger partial charge on any atom is -0.497 e. The Balaban J connectivity index is 1.46. The fraction of sp³-hybridized carbons (Fsp3) is 0.381. The van der Waals surface area contributed by atoms with Crippen LogP contribution in [0.5, 0.6) is 5.75 Å². The largest absolute Gasteiger partial charge is 0.497 e. The molecule has 0 atom stereocenters. The van der Waals surface area contributed by atoms with Gasteiger partial charge < -0.3 is 15.0 Å². The Morgan fingerprint density at radius 2 is 1.85 bits per heavy atom. The number of likely N-dealkylation sites (tertiary alicyclic amines) is 1. The van der Waals surface area contributed by atoms with Gasteiger partial charge in [-0.05, 0) is 42.7 Å². The number of ether oxygens (including phenoxy) is 1. The van der Waals surface area contributed by atoms with Crippen LogP contribution in [0.3, 0.4) is 0 Å². The monoisotopic (exact) mass is 351 g/mol. The molecular formula is C21H25N3O2. The molecule has 0 unspecified atom stereocenters. The van der Waals surface area contributed by atoms with Gasteiger partial charge in [-0.25, -0.2) is 0 Å². The van der Waals surface area contributed by atoms with Crippen molar-refractivity contribution in [2.24, 2.45) is 0 Å². The van der Waals surface area contributed by atoms with Gasteiger partial charge in [-0.1, -0.05) is 30.3 Å². The van der Waals surface area contributed by atoms with Crippen molar-refractivity contribution in [2.75, 3.05) is 31.8 Å². The number of methoxy groups -OCH3 is 1. The summed E-state index contributed by atoms with van der Waals surface area (Å²) in [6.07, 6.45) is 1.69. The zero-order chi connectivity index (χ0) is 18.0. The fourth-order valence-electron chi connectivity index (χ4n) is 4.14. The van der Waals surface area contributed by atoms with Crippen molar-refractivity contribution in [1.82, 2.24) is 10.2 Å². The molecule has 0 aromatic heterocycles. The lowest BCUT2D eigenvalue weighted by molar-refractivity contribution is -0.125. The van der Waals surface area contributed by atoms with Gasteiger partial charge in [-0.3, -0.25) is 9.69 Å². The Kier molecular flexibility index (Phi) is 4.55. The number of hydrogen-bond donors (Lipinski definition) is 1. The third-order valence-corrected chi connectivity index (χ3v) is 5.63. The number of benzene rings is 2. The van der Waals surface area contributed by atoms with Crippen LogP contribution in [0.15, 0.2) is 54.6 Å². The van der Waals surface area contributed by atoms with E-state index in [1.165, 1.54) is 5.56 Å². The van der Waals surface area contributed by atoms with E-state index in [9.17, 15) is 4.79 Å². The molecule has 2 heterocycles. The van der Waals surface area contributed by atoms with Gasteiger partial charge in [0.05, 0.1) is 13.8 Å². The lowest BCUT2D eigenvalue weighted by atomic mass is 9.85. The first-order valence-corrected chi connectivity index (χ1v) is 9.17. The van der Waals surface area contributed by atoms with Crippen molar-refractivity contribution in [3.63, 3.8) is 0 Å². The van der Waals surface area contributed by atoms with Crippen molar-refractivity contribution >= 4 is 11.6 Å². The number of hydrogen-bond acceptors (Lipinski definition) is 4. The van der Waals surface area contributed by atoms with E-state index in [-0.39, 0.29) is 5.91 Å². The molecule has 2 saturated heterocycles. The van der Waals surface area contributed by atoms with Gasteiger partial charge in [0.1, 0.15) is 11.3 Å². The second-order valence-corrected chi connectivity index (χ2v) is 7.09. The van der Waals surface area contributed by atoms with Crippen LogP contribution in [0.2, 0.25) is 0 Å². The summed E-state index contributed by atoms with van der Waals surface area (Å²) < 4.78 is 5.32. The van der Waals surface area contributed by atoms with Crippen LogP contribution in [0.25, 0.3) is 0 Å². The van der Waals surface area contributed by atoms with E-state index in [1.807, 2.05) is 30.3 Å². The molecule has 1 N–H and O–H groups in total. The first-order chi connectivity index (χ1) is 12.7. The third kappa shape index (κ3) is 3.03. The molecule has 0 saturated carbocycles. The highest BCUT2D eigenvalue weighted by Gasteiger charge is 2.50. The highest BCUT2D eigenvalue weighted by molar-refractivity contribution is 5.93. The maximum atomic E-state index is 12.7. The van der Waals surface area contributed by atoms with Crippen molar-refractivity contribution in [2.45, 2.75) is 24.9 Å². The number of para-hydroxylation sites is 1. The van der Waals surface area contributed by atoms with Crippen LogP contribution < -0.4 is 15.0 Å².